The zero-order chi connectivity index (χ0) is 6.69. The molecule has 0 aliphatic heterocycles. The Bertz CT molecular complexity index is 248. The topological polar surface area (TPSA) is 34.1 Å². The average Bonchev–Trinajstić information content (AvgIpc) is 1.90. The quantitative estimate of drug-likeness (QED) is 0.490. The summed E-state index contributed by atoms with van der Waals surface area (Å²) in [5.74, 6) is 0. The van der Waals surface area contributed by atoms with Gasteiger partial charge in [-0.2, -0.15) is 0 Å². The second kappa shape index (κ2) is 5.46. The molecule has 0 N–H and O–H groups in total. The summed E-state index contributed by atoms with van der Waals surface area (Å²) in [6, 6.07) is 8.29. The van der Waals surface area contributed by atoms with Gasteiger partial charge in [0.05, 0.1) is 4.90 Å². The standard InChI is InChI=1S/C6H6O2S.K.H/c7-9(8)6-4-2-1-3-5-6;;/h1-5,9H;;. The molecule has 0 atom stereocenters. The van der Waals surface area contributed by atoms with Gasteiger partial charge >= 0.3 is 51.4 Å². The van der Waals surface area contributed by atoms with E-state index in [1.165, 1.54) is 0 Å². The molecule has 1 aromatic carbocycles. The molecule has 0 bridgehead atoms. The minimum atomic E-state index is -2.40. The molecule has 0 fully saturated rings. The fourth-order valence-corrected chi connectivity index (χ4v) is 0.965. The Labute approximate surface area is 104 Å². The second-order valence-electron chi connectivity index (χ2n) is 1.59. The van der Waals surface area contributed by atoms with Gasteiger partial charge in [0, 0.05) is 0 Å². The summed E-state index contributed by atoms with van der Waals surface area (Å²) in [5.41, 5.74) is 0. The monoisotopic (exact) mass is 182 g/mol. The van der Waals surface area contributed by atoms with Gasteiger partial charge < -0.3 is 0 Å². The van der Waals surface area contributed by atoms with Crippen molar-refractivity contribution >= 4 is 62.1 Å². The van der Waals surface area contributed by atoms with Crippen LogP contribution in [0.2, 0.25) is 0 Å². The zero-order valence-corrected chi connectivity index (χ0v) is 5.54. The van der Waals surface area contributed by atoms with Crippen molar-refractivity contribution in [1.29, 1.82) is 0 Å². The number of hydrogen-bond acceptors (Lipinski definition) is 2. The number of rotatable bonds is 1. The van der Waals surface area contributed by atoms with Crippen LogP contribution in [0.15, 0.2) is 35.2 Å². The summed E-state index contributed by atoms with van der Waals surface area (Å²) < 4.78 is 20.5. The Morgan fingerprint density at radius 3 is 1.80 bits per heavy atom. The van der Waals surface area contributed by atoms with Gasteiger partial charge in [-0.05, 0) is 12.1 Å². The van der Waals surface area contributed by atoms with Gasteiger partial charge in [0.25, 0.3) is 0 Å². The summed E-state index contributed by atoms with van der Waals surface area (Å²) in [6.45, 7) is 0. The van der Waals surface area contributed by atoms with Crippen LogP contribution >= 0.6 is 0 Å². The van der Waals surface area contributed by atoms with Crippen LogP contribution < -0.4 is 0 Å². The molecular formula is C6H7KO2S. The molecule has 0 spiro atoms. The molecule has 0 heterocycles. The molecule has 10 heavy (non-hydrogen) atoms. The molecule has 0 amide bonds. The minimum absolute atomic E-state index is 0. The molecule has 2 nitrogen and oxygen atoms in total. The van der Waals surface area contributed by atoms with Crippen LogP contribution in [0.4, 0.5) is 0 Å². The van der Waals surface area contributed by atoms with Crippen molar-refractivity contribution in [3.63, 3.8) is 0 Å². The van der Waals surface area contributed by atoms with Gasteiger partial charge in [0.15, 0.2) is 10.7 Å². The van der Waals surface area contributed by atoms with E-state index in [-0.39, 0.29) is 51.4 Å². The van der Waals surface area contributed by atoms with Crippen LogP contribution in [0.25, 0.3) is 0 Å². The predicted octanol–water partition coefficient (Wildman–Crippen LogP) is 0.00840. The van der Waals surface area contributed by atoms with Crippen LogP contribution in [-0.2, 0) is 10.7 Å². The van der Waals surface area contributed by atoms with Crippen molar-refractivity contribution < 1.29 is 8.42 Å². The fourth-order valence-electron chi connectivity index (χ4n) is 0.550. The van der Waals surface area contributed by atoms with E-state index < -0.39 is 10.7 Å². The van der Waals surface area contributed by atoms with Crippen LogP contribution in [0.1, 0.15) is 0 Å². The van der Waals surface area contributed by atoms with E-state index in [4.69, 9.17) is 0 Å². The molecule has 0 saturated heterocycles. The number of thiol groups is 1. The van der Waals surface area contributed by atoms with Gasteiger partial charge in [-0.15, -0.1) is 0 Å². The van der Waals surface area contributed by atoms with Crippen molar-refractivity contribution in [3.8, 4) is 0 Å². The summed E-state index contributed by atoms with van der Waals surface area (Å²) >= 11 is 0. The first-order chi connectivity index (χ1) is 4.30. The summed E-state index contributed by atoms with van der Waals surface area (Å²) in [4.78, 5) is 0.368. The number of benzene rings is 1. The van der Waals surface area contributed by atoms with Gasteiger partial charge in [-0.25, -0.2) is 8.42 Å². The van der Waals surface area contributed by atoms with E-state index in [0.29, 0.717) is 4.90 Å². The predicted molar refractivity (Wildman–Crippen MR) is 42.2 cm³/mol. The van der Waals surface area contributed by atoms with Crippen molar-refractivity contribution in [3.05, 3.63) is 30.3 Å². The second-order valence-corrected chi connectivity index (χ2v) is 2.62. The van der Waals surface area contributed by atoms with E-state index in [1.54, 1.807) is 30.3 Å². The molecule has 0 unspecified atom stereocenters. The molecule has 1 aromatic rings. The number of hydrogen-bond donors (Lipinski definition) is 1. The van der Waals surface area contributed by atoms with Crippen molar-refractivity contribution in [1.82, 2.24) is 0 Å². The van der Waals surface area contributed by atoms with E-state index in [1.807, 2.05) is 0 Å². The Morgan fingerprint density at radius 2 is 1.50 bits per heavy atom. The van der Waals surface area contributed by atoms with Crippen LogP contribution in [0, 0.1) is 0 Å². The van der Waals surface area contributed by atoms with Gasteiger partial charge in [-0.3, -0.25) is 0 Å². The molecule has 1 rings (SSSR count). The van der Waals surface area contributed by atoms with Crippen molar-refractivity contribution in [2.75, 3.05) is 0 Å². The summed E-state index contributed by atoms with van der Waals surface area (Å²) in [7, 11) is -2.40. The molecule has 0 aromatic heterocycles. The first kappa shape index (κ1) is 10.8. The molecule has 0 aliphatic carbocycles. The Kier molecular flexibility index (Phi) is 5.90. The molecule has 0 radical (unpaired) electrons. The summed E-state index contributed by atoms with van der Waals surface area (Å²) in [5, 5.41) is 0. The third kappa shape index (κ3) is 3.27. The Morgan fingerprint density at radius 1 is 1.00 bits per heavy atom. The maximum atomic E-state index is 10.2. The zero-order valence-electron chi connectivity index (χ0n) is 4.65. The average molecular weight is 182 g/mol. The Hall–Kier alpha value is 0.806. The SMILES string of the molecule is O=[SH](=O)c1ccccc1.[KH]. The Balaban J connectivity index is 0.000000810. The van der Waals surface area contributed by atoms with Crippen molar-refractivity contribution in [2.24, 2.45) is 0 Å². The van der Waals surface area contributed by atoms with Crippen LogP contribution in [-0.4, -0.2) is 59.8 Å². The molecule has 50 valence electrons. The van der Waals surface area contributed by atoms with Gasteiger partial charge in [0.1, 0.15) is 0 Å². The molecule has 0 saturated carbocycles. The third-order valence-electron chi connectivity index (χ3n) is 0.967. The molecule has 4 heteroatoms. The van der Waals surface area contributed by atoms with E-state index in [0.717, 1.165) is 0 Å². The van der Waals surface area contributed by atoms with E-state index >= 15 is 0 Å². The van der Waals surface area contributed by atoms with Crippen LogP contribution in [0.5, 0.6) is 0 Å². The fraction of sp³-hybridized carbons (Fsp3) is 0. The molecule has 0 aliphatic rings. The first-order valence-corrected chi connectivity index (χ1v) is 3.68. The van der Waals surface area contributed by atoms with Crippen LogP contribution in [0.3, 0.4) is 0 Å². The molecular weight excluding hydrogens is 175 g/mol. The maximum absolute atomic E-state index is 10.2. The van der Waals surface area contributed by atoms with E-state index in [9.17, 15) is 8.42 Å². The van der Waals surface area contributed by atoms with E-state index in [2.05, 4.69) is 0 Å². The third-order valence-corrected chi connectivity index (χ3v) is 1.69. The van der Waals surface area contributed by atoms with Gasteiger partial charge in [-0.1, -0.05) is 18.2 Å². The summed E-state index contributed by atoms with van der Waals surface area (Å²) in [6.07, 6.45) is 0. The van der Waals surface area contributed by atoms with Crippen molar-refractivity contribution in [2.45, 2.75) is 4.90 Å². The first-order valence-electron chi connectivity index (χ1n) is 2.50. The normalized spacial score (nSPS) is 8.90. The van der Waals surface area contributed by atoms with Gasteiger partial charge in [0.2, 0.25) is 0 Å².